The van der Waals surface area contributed by atoms with Crippen molar-refractivity contribution in [3.8, 4) is 0 Å². The lowest BCUT2D eigenvalue weighted by Crippen LogP contribution is -2.11. The SMILES string of the molecule is COCCOCc1nc(=S)c(C(=O)OC)c(C)[nH]1. The predicted octanol–water partition coefficient (Wildman–Crippen LogP) is 1.40. The van der Waals surface area contributed by atoms with Crippen molar-refractivity contribution in [2.45, 2.75) is 13.5 Å². The van der Waals surface area contributed by atoms with Crippen molar-refractivity contribution < 1.29 is 19.0 Å². The molecular formula is C11H16N2O4S. The number of aromatic amines is 1. The highest BCUT2D eigenvalue weighted by atomic mass is 32.1. The van der Waals surface area contributed by atoms with Crippen molar-refractivity contribution in [1.82, 2.24) is 9.97 Å². The van der Waals surface area contributed by atoms with Crippen molar-refractivity contribution in [3.05, 3.63) is 21.7 Å². The van der Waals surface area contributed by atoms with Crippen LogP contribution in [0.4, 0.5) is 0 Å². The number of carbonyl (C=O) groups excluding carboxylic acids is 1. The van der Waals surface area contributed by atoms with Gasteiger partial charge in [-0.1, -0.05) is 12.2 Å². The third-order valence-corrected chi connectivity index (χ3v) is 2.51. The fraction of sp³-hybridized carbons (Fsp3) is 0.545. The molecule has 1 aromatic rings. The highest BCUT2D eigenvalue weighted by Crippen LogP contribution is 2.09. The molecule has 0 aliphatic heterocycles. The van der Waals surface area contributed by atoms with Gasteiger partial charge in [-0.15, -0.1) is 0 Å². The summed E-state index contributed by atoms with van der Waals surface area (Å²) in [6.45, 7) is 3.01. The molecule has 1 heterocycles. The Balaban J connectivity index is 2.80. The van der Waals surface area contributed by atoms with Crippen LogP contribution in [0.25, 0.3) is 0 Å². The fourth-order valence-corrected chi connectivity index (χ4v) is 1.71. The first-order valence-electron chi connectivity index (χ1n) is 5.35. The monoisotopic (exact) mass is 272 g/mol. The van der Waals surface area contributed by atoms with Crippen molar-refractivity contribution >= 4 is 18.2 Å². The van der Waals surface area contributed by atoms with Crippen LogP contribution >= 0.6 is 12.2 Å². The van der Waals surface area contributed by atoms with Crippen molar-refractivity contribution in [2.24, 2.45) is 0 Å². The molecule has 0 aromatic carbocycles. The topological polar surface area (TPSA) is 73.4 Å². The molecule has 6 nitrogen and oxygen atoms in total. The summed E-state index contributed by atoms with van der Waals surface area (Å²) in [6, 6.07) is 0. The van der Waals surface area contributed by atoms with Crippen molar-refractivity contribution in [2.75, 3.05) is 27.4 Å². The lowest BCUT2D eigenvalue weighted by Gasteiger charge is -2.08. The molecule has 0 aliphatic rings. The number of rotatable bonds is 6. The normalized spacial score (nSPS) is 10.4. The number of ether oxygens (including phenoxy) is 3. The Kier molecular flexibility index (Phi) is 5.90. The summed E-state index contributed by atoms with van der Waals surface area (Å²) in [6.07, 6.45) is 0. The highest BCUT2D eigenvalue weighted by Gasteiger charge is 2.14. The summed E-state index contributed by atoms with van der Waals surface area (Å²) in [5.74, 6) is 0.0781. The lowest BCUT2D eigenvalue weighted by atomic mass is 10.2. The Bertz CT molecular complexity index is 473. The zero-order chi connectivity index (χ0) is 13.5. The van der Waals surface area contributed by atoms with Gasteiger partial charge in [0.2, 0.25) is 0 Å². The summed E-state index contributed by atoms with van der Waals surface area (Å²) < 4.78 is 15.0. The Labute approximate surface area is 110 Å². The van der Waals surface area contributed by atoms with Crippen LogP contribution in [-0.4, -0.2) is 43.4 Å². The van der Waals surface area contributed by atoms with Crippen LogP contribution in [0.15, 0.2) is 0 Å². The van der Waals surface area contributed by atoms with Crippen LogP contribution < -0.4 is 0 Å². The second-order valence-corrected chi connectivity index (χ2v) is 3.91. The molecule has 1 aromatic heterocycles. The van der Waals surface area contributed by atoms with E-state index in [4.69, 9.17) is 21.7 Å². The molecule has 0 saturated heterocycles. The smallest absolute Gasteiger partial charge is 0.342 e. The van der Waals surface area contributed by atoms with Gasteiger partial charge >= 0.3 is 5.97 Å². The van der Waals surface area contributed by atoms with Gasteiger partial charge in [0.05, 0.1) is 20.3 Å². The molecule has 7 heteroatoms. The number of aromatic nitrogens is 2. The molecule has 1 N–H and O–H groups in total. The molecule has 0 bridgehead atoms. The number of esters is 1. The molecule has 1 rings (SSSR count). The molecular weight excluding hydrogens is 256 g/mol. The number of nitrogens with zero attached hydrogens (tertiary/aromatic N) is 1. The molecule has 0 unspecified atom stereocenters. The maximum atomic E-state index is 11.5. The number of carbonyl (C=O) groups is 1. The van der Waals surface area contributed by atoms with E-state index >= 15 is 0 Å². The summed E-state index contributed by atoms with van der Waals surface area (Å²) in [5.41, 5.74) is 0.903. The van der Waals surface area contributed by atoms with E-state index in [1.54, 1.807) is 14.0 Å². The van der Waals surface area contributed by atoms with Gasteiger partial charge in [0.15, 0.2) is 0 Å². The number of nitrogens with one attached hydrogen (secondary N) is 1. The minimum absolute atomic E-state index is 0.212. The van der Waals surface area contributed by atoms with Crippen LogP contribution in [0.5, 0.6) is 0 Å². The number of aryl methyl sites for hydroxylation is 1. The molecule has 0 saturated carbocycles. The van der Waals surface area contributed by atoms with Gasteiger partial charge < -0.3 is 19.2 Å². The second-order valence-electron chi connectivity index (χ2n) is 3.53. The molecule has 0 amide bonds. The minimum atomic E-state index is -0.492. The van der Waals surface area contributed by atoms with Crippen LogP contribution in [0, 0.1) is 11.6 Å². The Morgan fingerprint density at radius 1 is 1.39 bits per heavy atom. The van der Waals surface area contributed by atoms with E-state index in [2.05, 4.69) is 14.7 Å². The van der Waals surface area contributed by atoms with Gasteiger partial charge in [-0.05, 0) is 6.92 Å². The lowest BCUT2D eigenvalue weighted by molar-refractivity contribution is 0.0575. The maximum Gasteiger partial charge on any atom is 0.342 e. The molecule has 100 valence electrons. The number of hydrogen-bond acceptors (Lipinski definition) is 6. The van der Waals surface area contributed by atoms with E-state index < -0.39 is 5.97 Å². The van der Waals surface area contributed by atoms with Crippen LogP contribution in [0.1, 0.15) is 21.9 Å². The summed E-state index contributed by atoms with van der Waals surface area (Å²) in [7, 11) is 2.91. The highest BCUT2D eigenvalue weighted by molar-refractivity contribution is 7.71. The fourth-order valence-electron chi connectivity index (χ4n) is 1.37. The van der Waals surface area contributed by atoms with Crippen molar-refractivity contribution in [3.63, 3.8) is 0 Å². The van der Waals surface area contributed by atoms with E-state index in [-0.39, 0.29) is 16.8 Å². The predicted molar refractivity (Wildman–Crippen MR) is 67.0 cm³/mol. The van der Waals surface area contributed by atoms with E-state index in [9.17, 15) is 4.79 Å². The van der Waals surface area contributed by atoms with Gasteiger partial charge in [0.1, 0.15) is 22.6 Å². The van der Waals surface area contributed by atoms with E-state index in [1.165, 1.54) is 7.11 Å². The van der Waals surface area contributed by atoms with Crippen molar-refractivity contribution in [1.29, 1.82) is 0 Å². The molecule has 18 heavy (non-hydrogen) atoms. The van der Waals surface area contributed by atoms with Gasteiger partial charge in [-0.25, -0.2) is 9.78 Å². The zero-order valence-electron chi connectivity index (χ0n) is 10.6. The van der Waals surface area contributed by atoms with Gasteiger partial charge in [-0.2, -0.15) is 0 Å². The molecule has 0 atom stereocenters. The Morgan fingerprint density at radius 2 is 2.11 bits per heavy atom. The van der Waals surface area contributed by atoms with Crippen LogP contribution in [0.3, 0.4) is 0 Å². The molecule has 0 radical (unpaired) electrons. The van der Waals surface area contributed by atoms with E-state index in [0.717, 1.165) is 0 Å². The third-order valence-electron chi connectivity index (χ3n) is 2.22. The minimum Gasteiger partial charge on any atom is -0.465 e. The zero-order valence-corrected chi connectivity index (χ0v) is 11.4. The first-order valence-corrected chi connectivity index (χ1v) is 5.75. The average molecular weight is 272 g/mol. The molecule has 0 aliphatic carbocycles. The maximum absolute atomic E-state index is 11.5. The second kappa shape index (κ2) is 7.20. The third kappa shape index (κ3) is 3.86. The van der Waals surface area contributed by atoms with Gasteiger partial charge in [-0.3, -0.25) is 0 Å². The van der Waals surface area contributed by atoms with Crippen LogP contribution in [0.2, 0.25) is 0 Å². The summed E-state index contributed by atoms with van der Waals surface area (Å²) in [4.78, 5) is 18.5. The molecule has 0 spiro atoms. The standard InChI is InChI=1S/C11H16N2O4S/c1-7-9(11(14)16-3)10(18)13-8(12-7)6-17-5-4-15-2/h4-6H2,1-3H3,(H,12,13,18). The van der Waals surface area contributed by atoms with Crippen LogP contribution in [-0.2, 0) is 20.8 Å². The first kappa shape index (κ1) is 14.7. The largest absolute Gasteiger partial charge is 0.465 e. The summed E-state index contributed by atoms with van der Waals surface area (Å²) >= 11 is 5.06. The first-order chi connectivity index (χ1) is 8.60. The van der Waals surface area contributed by atoms with E-state index in [0.29, 0.717) is 24.7 Å². The number of H-pyrrole nitrogens is 1. The summed E-state index contributed by atoms with van der Waals surface area (Å²) in [5, 5.41) is 0. The number of hydrogen-bond donors (Lipinski definition) is 1. The molecule has 0 fully saturated rings. The average Bonchev–Trinajstić information content (AvgIpc) is 2.33. The van der Waals surface area contributed by atoms with Gasteiger partial charge in [0, 0.05) is 12.8 Å². The van der Waals surface area contributed by atoms with E-state index in [1.807, 2.05) is 0 Å². The Morgan fingerprint density at radius 3 is 2.67 bits per heavy atom. The Hall–Kier alpha value is -1.31. The number of methoxy groups -OCH3 is 2. The van der Waals surface area contributed by atoms with Gasteiger partial charge in [0.25, 0.3) is 0 Å². The quantitative estimate of drug-likeness (QED) is 0.479.